The number of carbonyl (C=O) groups excluding carboxylic acids is 1. The fourth-order valence-corrected chi connectivity index (χ4v) is 1.38. The van der Waals surface area contributed by atoms with Crippen LogP contribution in [0.1, 0.15) is 40.5 Å². The van der Waals surface area contributed by atoms with Crippen LogP contribution in [0, 0.1) is 5.92 Å². The molecule has 0 aromatic rings. The maximum absolute atomic E-state index is 11.9. The van der Waals surface area contributed by atoms with E-state index in [9.17, 15) is 9.90 Å². The maximum atomic E-state index is 11.9. The van der Waals surface area contributed by atoms with Gasteiger partial charge in [0.1, 0.15) is 5.60 Å². The van der Waals surface area contributed by atoms with Crippen molar-refractivity contribution in [1.82, 2.24) is 5.32 Å². The summed E-state index contributed by atoms with van der Waals surface area (Å²) in [7, 11) is 1.76. The standard InChI is InChI=1S/C11H23NO2/c1-6-11(4,14)10(13)9(12-5)7-8(2)3/h8-9,12,14H,6-7H2,1-5H3/t9-,11+/m0/s1. The van der Waals surface area contributed by atoms with Crippen LogP contribution >= 0.6 is 0 Å². The Morgan fingerprint density at radius 1 is 1.50 bits per heavy atom. The van der Waals surface area contributed by atoms with Gasteiger partial charge in [-0.15, -0.1) is 0 Å². The number of hydrogen-bond donors (Lipinski definition) is 2. The molecular formula is C11H23NO2. The van der Waals surface area contributed by atoms with E-state index in [1.165, 1.54) is 0 Å². The molecule has 0 aliphatic rings. The number of rotatable bonds is 6. The Morgan fingerprint density at radius 3 is 2.29 bits per heavy atom. The molecule has 84 valence electrons. The lowest BCUT2D eigenvalue weighted by atomic mass is 9.88. The van der Waals surface area contributed by atoms with Gasteiger partial charge in [-0.1, -0.05) is 20.8 Å². The van der Waals surface area contributed by atoms with Crippen LogP contribution in [0.5, 0.6) is 0 Å². The van der Waals surface area contributed by atoms with Crippen LogP contribution in [0.25, 0.3) is 0 Å². The van der Waals surface area contributed by atoms with Crippen LogP contribution in [0.4, 0.5) is 0 Å². The molecule has 0 aromatic carbocycles. The second-order valence-corrected chi connectivity index (χ2v) is 4.46. The van der Waals surface area contributed by atoms with Gasteiger partial charge < -0.3 is 10.4 Å². The van der Waals surface area contributed by atoms with Crippen molar-refractivity contribution in [3.63, 3.8) is 0 Å². The normalized spacial score (nSPS) is 17.9. The molecule has 2 atom stereocenters. The Labute approximate surface area is 86.9 Å². The van der Waals surface area contributed by atoms with Gasteiger partial charge in [-0.3, -0.25) is 4.79 Å². The molecule has 0 radical (unpaired) electrons. The quantitative estimate of drug-likeness (QED) is 0.682. The lowest BCUT2D eigenvalue weighted by Crippen LogP contribution is -2.48. The first-order chi connectivity index (χ1) is 6.35. The van der Waals surface area contributed by atoms with Crippen LogP contribution in [-0.4, -0.2) is 29.6 Å². The van der Waals surface area contributed by atoms with Crippen molar-refractivity contribution in [3.8, 4) is 0 Å². The summed E-state index contributed by atoms with van der Waals surface area (Å²) in [6.07, 6.45) is 1.23. The predicted octanol–water partition coefficient (Wildman–Crippen LogP) is 1.35. The number of aliphatic hydroxyl groups is 1. The highest BCUT2D eigenvalue weighted by Crippen LogP contribution is 2.16. The molecule has 3 nitrogen and oxygen atoms in total. The van der Waals surface area contributed by atoms with Crippen molar-refractivity contribution >= 4 is 5.78 Å². The monoisotopic (exact) mass is 201 g/mol. The van der Waals surface area contributed by atoms with Crippen molar-refractivity contribution < 1.29 is 9.90 Å². The van der Waals surface area contributed by atoms with Crippen molar-refractivity contribution in [3.05, 3.63) is 0 Å². The van der Waals surface area contributed by atoms with Crippen molar-refractivity contribution in [2.45, 2.75) is 52.2 Å². The van der Waals surface area contributed by atoms with Gasteiger partial charge in [0.05, 0.1) is 6.04 Å². The molecule has 14 heavy (non-hydrogen) atoms. The SMILES string of the molecule is CC[C@@](C)(O)C(=O)[C@H](CC(C)C)NC. The van der Waals surface area contributed by atoms with E-state index in [1.807, 2.05) is 6.92 Å². The highest BCUT2D eigenvalue weighted by molar-refractivity contribution is 5.91. The molecule has 0 bridgehead atoms. The molecule has 0 aliphatic carbocycles. The van der Waals surface area contributed by atoms with Gasteiger partial charge in [0.2, 0.25) is 0 Å². The summed E-state index contributed by atoms with van der Waals surface area (Å²) in [4.78, 5) is 11.9. The highest BCUT2D eigenvalue weighted by Gasteiger charge is 2.33. The third kappa shape index (κ3) is 3.76. The summed E-state index contributed by atoms with van der Waals surface area (Å²) in [5.41, 5.74) is -1.19. The number of ketones is 1. The van der Waals surface area contributed by atoms with Crippen molar-refractivity contribution in [2.24, 2.45) is 5.92 Å². The molecule has 0 fully saturated rings. The third-order valence-electron chi connectivity index (χ3n) is 2.59. The molecule has 0 unspecified atom stereocenters. The molecule has 0 spiro atoms. The van der Waals surface area contributed by atoms with Gasteiger partial charge in [-0.2, -0.15) is 0 Å². The van der Waals surface area contributed by atoms with Crippen LogP contribution in [0.2, 0.25) is 0 Å². The Bertz CT molecular complexity index is 188. The molecule has 3 heteroatoms. The largest absolute Gasteiger partial charge is 0.382 e. The van der Waals surface area contributed by atoms with E-state index < -0.39 is 5.60 Å². The average molecular weight is 201 g/mol. The lowest BCUT2D eigenvalue weighted by molar-refractivity contribution is -0.138. The van der Waals surface area contributed by atoms with Crippen molar-refractivity contribution in [2.75, 3.05) is 7.05 Å². The fraction of sp³-hybridized carbons (Fsp3) is 0.909. The van der Waals surface area contributed by atoms with Gasteiger partial charge in [-0.05, 0) is 32.7 Å². The van der Waals surface area contributed by atoms with E-state index >= 15 is 0 Å². The summed E-state index contributed by atoms with van der Waals surface area (Å²) in [5.74, 6) is 0.347. The molecule has 0 saturated heterocycles. The van der Waals surface area contributed by atoms with Crippen LogP contribution in [0.3, 0.4) is 0 Å². The van der Waals surface area contributed by atoms with Crippen molar-refractivity contribution in [1.29, 1.82) is 0 Å². The number of carbonyl (C=O) groups is 1. The first-order valence-corrected chi connectivity index (χ1v) is 5.29. The van der Waals surface area contributed by atoms with Crippen LogP contribution in [-0.2, 0) is 4.79 Å². The average Bonchev–Trinajstić information content (AvgIpc) is 2.12. The first kappa shape index (κ1) is 13.6. The second kappa shape index (κ2) is 5.47. The van der Waals surface area contributed by atoms with E-state index in [1.54, 1.807) is 14.0 Å². The van der Waals surface area contributed by atoms with E-state index in [2.05, 4.69) is 19.2 Å². The minimum absolute atomic E-state index is 0.101. The smallest absolute Gasteiger partial charge is 0.180 e. The number of nitrogens with one attached hydrogen (secondary N) is 1. The molecule has 0 amide bonds. The summed E-state index contributed by atoms with van der Waals surface area (Å²) in [5, 5.41) is 12.8. The third-order valence-corrected chi connectivity index (χ3v) is 2.59. The molecule has 0 heterocycles. The second-order valence-electron chi connectivity index (χ2n) is 4.46. The minimum atomic E-state index is -1.19. The Morgan fingerprint density at radius 2 is 2.00 bits per heavy atom. The molecular weight excluding hydrogens is 178 g/mol. The number of Topliss-reactive ketones (excluding diaryl/α,β-unsaturated/α-hetero) is 1. The highest BCUT2D eigenvalue weighted by atomic mass is 16.3. The summed E-state index contributed by atoms with van der Waals surface area (Å²) < 4.78 is 0. The van der Waals surface area contributed by atoms with E-state index in [0.29, 0.717) is 12.3 Å². The summed E-state index contributed by atoms with van der Waals surface area (Å²) in [6.45, 7) is 7.54. The summed E-state index contributed by atoms with van der Waals surface area (Å²) in [6, 6.07) is -0.232. The predicted molar refractivity (Wildman–Crippen MR) is 58.2 cm³/mol. The van der Waals surface area contributed by atoms with E-state index in [0.717, 1.165) is 6.42 Å². The molecule has 0 aliphatic heterocycles. The van der Waals surface area contributed by atoms with Crippen LogP contribution in [0.15, 0.2) is 0 Å². The molecule has 0 rings (SSSR count). The van der Waals surface area contributed by atoms with Gasteiger partial charge in [-0.25, -0.2) is 0 Å². The zero-order valence-electron chi connectivity index (χ0n) is 9.92. The fourth-order valence-electron chi connectivity index (χ4n) is 1.38. The van der Waals surface area contributed by atoms with Gasteiger partial charge in [0.25, 0.3) is 0 Å². The van der Waals surface area contributed by atoms with E-state index in [-0.39, 0.29) is 11.8 Å². The number of likely N-dealkylation sites (N-methyl/N-ethyl adjacent to an activating group) is 1. The Hall–Kier alpha value is -0.410. The van der Waals surface area contributed by atoms with Gasteiger partial charge in [0.15, 0.2) is 5.78 Å². The molecule has 0 saturated carbocycles. The summed E-state index contributed by atoms with van der Waals surface area (Å²) >= 11 is 0. The zero-order chi connectivity index (χ0) is 11.4. The van der Waals surface area contributed by atoms with Crippen LogP contribution < -0.4 is 5.32 Å². The van der Waals surface area contributed by atoms with E-state index in [4.69, 9.17) is 0 Å². The van der Waals surface area contributed by atoms with Gasteiger partial charge in [0, 0.05) is 0 Å². The Balaban J connectivity index is 4.46. The molecule has 2 N–H and O–H groups in total. The Kier molecular flexibility index (Phi) is 5.31. The lowest BCUT2D eigenvalue weighted by Gasteiger charge is -2.26. The maximum Gasteiger partial charge on any atom is 0.180 e. The van der Waals surface area contributed by atoms with Gasteiger partial charge >= 0.3 is 0 Å². The zero-order valence-corrected chi connectivity index (χ0v) is 9.92. The first-order valence-electron chi connectivity index (χ1n) is 5.29. The minimum Gasteiger partial charge on any atom is -0.382 e. The number of hydrogen-bond acceptors (Lipinski definition) is 3. The molecule has 0 aromatic heterocycles. The topological polar surface area (TPSA) is 49.3 Å².